The van der Waals surface area contributed by atoms with E-state index in [0.717, 1.165) is 0 Å². The van der Waals surface area contributed by atoms with Crippen molar-refractivity contribution in [3.8, 4) is 0 Å². The average Bonchev–Trinajstić information content (AvgIpc) is 3.38. The summed E-state index contributed by atoms with van der Waals surface area (Å²) in [6, 6.07) is 8.70. The van der Waals surface area contributed by atoms with Crippen LogP contribution in [0.2, 0.25) is 0 Å². The summed E-state index contributed by atoms with van der Waals surface area (Å²) in [6.07, 6.45) is -0.240. The van der Waals surface area contributed by atoms with Gasteiger partial charge in [-0.05, 0) is 53.7 Å². The zero-order valence-corrected chi connectivity index (χ0v) is 25.0. The molecule has 1 N–H and O–H groups in total. The molecule has 216 valence electrons. The van der Waals surface area contributed by atoms with Crippen LogP contribution in [0.3, 0.4) is 0 Å². The van der Waals surface area contributed by atoms with E-state index >= 15 is 0 Å². The first kappa shape index (κ1) is 29.0. The van der Waals surface area contributed by atoms with Crippen LogP contribution in [-0.2, 0) is 24.6 Å². The Bertz CT molecular complexity index is 1360. The number of amides is 1. The molecule has 0 aliphatic carbocycles. The van der Waals surface area contributed by atoms with Gasteiger partial charge >= 0.3 is 5.69 Å². The van der Waals surface area contributed by atoms with Crippen LogP contribution in [-0.4, -0.2) is 72.3 Å². The maximum Gasteiger partial charge on any atom is 0.351 e. The van der Waals surface area contributed by atoms with Gasteiger partial charge in [0.05, 0.1) is 5.75 Å². The second-order valence-corrected chi connectivity index (χ2v) is 13.4. The Labute approximate surface area is 239 Å². The summed E-state index contributed by atoms with van der Waals surface area (Å²) in [5, 5.41) is 1.93. The molecule has 2 unspecified atom stereocenters. The van der Waals surface area contributed by atoms with Crippen LogP contribution in [0.25, 0.3) is 4.85 Å². The van der Waals surface area contributed by atoms with E-state index in [0.29, 0.717) is 11.1 Å². The SMILES string of the molecule is [2H]C[C@@]12CS(=O)[C@@H]([C@H](n3cc(C)c(NC(=O)c4ccccc4)nc3=O)O1)[C@@H]2OP(OCC[N+]#[C-])N(C(C)C)C(C)C. The Morgan fingerprint density at radius 3 is 2.70 bits per heavy atom. The van der Waals surface area contributed by atoms with Crippen LogP contribution >= 0.6 is 8.53 Å². The van der Waals surface area contributed by atoms with Crippen LogP contribution in [0, 0.1) is 13.5 Å². The van der Waals surface area contributed by atoms with Crippen LogP contribution < -0.4 is 11.0 Å². The number of aromatic nitrogens is 2. The summed E-state index contributed by atoms with van der Waals surface area (Å²) >= 11 is 0. The number of benzene rings is 1. The lowest BCUT2D eigenvalue weighted by Crippen LogP contribution is -2.41. The standard InChI is InChI=1S/C27H36N5O6PS/c1-17(2)32(18(3)4)39(36-14-13-28-7)38-22-21-25(37-27(22,6)16-40(21)35)31-15-19(5)23(30-26(31)34)29-24(33)20-11-9-8-10-12-20/h8-12,15,17-18,21-22,25H,13-14,16H2,1-6H3,(H,29,30,33,34)/t21-,22+,25-,27+,39?,40?/m1/s1/i6D. The summed E-state index contributed by atoms with van der Waals surface area (Å²) < 4.78 is 44.1. The van der Waals surface area contributed by atoms with Gasteiger partial charge in [-0.15, -0.1) is 0 Å². The highest BCUT2D eigenvalue weighted by atomic mass is 32.2. The Morgan fingerprint density at radius 2 is 2.08 bits per heavy atom. The van der Waals surface area contributed by atoms with Gasteiger partial charge in [-0.3, -0.25) is 13.6 Å². The molecule has 11 nitrogen and oxygen atoms in total. The summed E-state index contributed by atoms with van der Waals surface area (Å²) in [6.45, 7) is 17.0. The molecule has 2 saturated heterocycles. The van der Waals surface area contributed by atoms with Crippen LogP contribution in [0.15, 0.2) is 41.3 Å². The minimum atomic E-state index is -1.69. The second-order valence-electron chi connectivity index (χ2n) is 10.4. The van der Waals surface area contributed by atoms with Crippen molar-refractivity contribution in [3.05, 3.63) is 69.6 Å². The van der Waals surface area contributed by atoms with Crippen molar-refractivity contribution < 1.29 is 24.2 Å². The molecule has 1 amide bonds. The number of aryl methyl sites for hydroxylation is 1. The van der Waals surface area contributed by atoms with Gasteiger partial charge in [0.2, 0.25) is 6.54 Å². The molecule has 1 aromatic carbocycles. The van der Waals surface area contributed by atoms with E-state index in [9.17, 15) is 13.8 Å². The topological polar surface area (TPSA) is 116 Å². The number of carbonyl (C=O) groups is 1. The highest BCUT2D eigenvalue weighted by molar-refractivity contribution is 7.86. The third kappa shape index (κ3) is 6.20. The summed E-state index contributed by atoms with van der Waals surface area (Å²) in [5.74, 6) is -0.180. The van der Waals surface area contributed by atoms with E-state index in [1.807, 2.05) is 27.7 Å². The van der Waals surface area contributed by atoms with E-state index in [4.69, 9.17) is 21.7 Å². The van der Waals surface area contributed by atoms with E-state index in [1.165, 1.54) is 10.8 Å². The van der Waals surface area contributed by atoms with E-state index in [-0.39, 0.29) is 43.7 Å². The van der Waals surface area contributed by atoms with E-state index < -0.39 is 54.1 Å². The van der Waals surface area contributed by atoms with Crippen LogP contribution in [0.5, 0.6) is 0 Å². The minimum absolute atomic E-state index is 0.0513. The zero-order valence-electron chi connectivity index (χ0n) is 24.3. The molecule has 2 fully saturated rings. The molecule has 0 radical (unpaired) electrons. The summed E-state index contributed by atoms with van der Waals surface area (Å²) in [4.78, 5) is 33.4. The Morgan fingerprint density at radius 1 is 1.38 bits per heavy atom. The lowest BCUT2D eigenvalue weighted by atomic mass is 10.0. The normalized spacial score (nSPS) is 26.7. The third-order valence-corrected chi connectivity index (χ3v) is 10.6. The second kappa shape index (κ2) is 12.6. The van der Waals surface area contributed by atoms with Gasteiger partial charge in [-0.2, -0.15) is 4.98 Å². The first-order chi connectivity index (χ1) is 19.5. The number of rotatable bonds is 11. The largest absolute Gasteiger partial charge is 0.351 e. The number of nitrogens with zero attached hydrogens (tertiary/aromatic N) is 4. The van der Waals surface area contributed by atoms with Gasteiger partial charge in [-0.25, -0.2) is 16.0 Å². The van der Waals surface area contributed by atoms with Crippen molar-refractivity contribution in [2.45, 2.75) is 76.8 Å². The Kier molecular flexibility index (Phi) is 9.10. The number of carbonyl (C=O) groups excluding carboxylic acids is 1. The van der Waals surface area contributed by atoms with Gasteiger partial charge in [0.25, 0.3) is 14.4 Å². The number of anilines is 1. The molecule has 6 atom stereocenters. The molecule has 40 heavy (non-hydrogen) atoms. The van der Waals surface area contributed by atoms with E-state index in [2.05, 4.69) is 19.8 Å². The third-order valence-electron chi connectivity index (χ3n) is 6.68. The molecule has 3 heterocycles. The summed E-state index contributed by atoms with van der Waals surface area (Å²) in [5.41, 5.74) is -0.959. The number of nitrogens with one attached hydrogen (secondary N) is 1. The molecule has 2 bridgehead atoms. The summed E-state index contributed by atoms with van der Waals surface area (Å²) in [7, 11) is -3.16. The average molecular weight is 591 g/mol. The quantitative estimate of drug-likeness (QED) is 0.238. The van der Waals surface area contributed by atoms with Crippen molar-refractivity contribution in [2.24, 2.45) is 0 Å². The molecule has 2 aromatic rings. The van der Waals surface area contributed by atoms with E-state index in [1.54, 1.807) is 37.3 Å². The van der Waals surface area contributed by atoms with Crippen molar-refractivity contribution in [1.29, 1.82) is 0 Å². The van der Waals surface area contributed by atoms with Crippen molar-refractivity contribution in [2.75, 3.05) is 24.2 Å². The van der Waals surface area contributed by atoms with Gasteiger partial charge in [-0.1, -0.05) is 18.2 Å². The fourth-order valence-electron chi connectivity index (χ4n) is 4.95. The highest BCUT2D eigenvalue weighted by Gasteiger charge is 2.64. The fraction of sp³-hybridized carbons (Fsp3) is 0.556. The monoisotopic (exact) mass is 590 g/mol. The molecule has 2 aliphatic heterocycles. The van der Waals surface area contributed by atoms with Gasteiger partial charge in [0, 0.05) is 41.6 Å². The maximum absolute atomic E-state index is 13.4. The molecule has 0 saturated carbocycles. The minimum Gasteiger partial charge on any atom is -0.347 e. The Balaban J connectivity index is 1.64. The lowest BCUT2D eigenvalue weighted by Gasteiger charge is -2.38. The molecular weight excluding hydrogens is 553 g/mol. The molecule has 0 spiro atoms. The smallest absolute Gasteiger partial charge is 0.347 e. The molecule has 13 heteroatoms. The molecule has 1 aromatic heterocycles. The molecular formula is C27H36N5O6PS. The highest BCUT2D eigenvalue weighted by Crippen LogP contribution is 2.55. The van der Waals surface area contributed by atoms with Gasteiger partial charge in [0.1, 0.15) is 29.4 Å². The van der Waals surface area contributed by atoms with Crippen molar-refractivity contribution >= 4 is 31.1 Å². The van der Waals surface area contributed by atoms with Crippen molar-refractivity contribution in [3.63, 3.8) is 0 Å². The lowest BCUT2D eigenvalue weighted by molar-refractivity contribution is -0.0759. The predicted molar refractivity (Wildman–Crippen MR) is 154 cm³/mol. The first-order valence-corrected chi connectivity index (χ1v) is 15.6. The first-order valence-electron chi connectivity index (χ1n) is 13.8. The molecule has 4 rings (SSSR count). The van der Waals surface area contributed by atoms with Crippen LogP contribution in [0.1, 0.15) is 58.1 Å². The predicted octanol–water partition coefficient (Wildman–Crippen LogP) is 3.89. The number of hydrogen-bond acceptors (Lipinski definition) is 8. The number of fused-ring (bicyclic) bond motifs is 2. The van der Waals surface area contributed by atoms with Gasteiger partial charge < -0.3 is 23.9 Å². The Hall–Kier alpha value is -2.52. The number of hydrogen-bond donors (Lipinski definition) is 1. The number of ether oxygens (including phenoxy) is 1. The fourth-order valence-corrected chi connectivity index (χ4v) is 8.77. The van der Waals surface area contributed by atoms with Crippen LogP contribution in [0.4, 0.5) is 5.82 Å². The van der Waals surface area contributed by atoms with Crippen molar-refractivity contribution in [1.82, 2.24) is 14.2 Å². The maximum atomic E-state index is 13.4. The van der Waals surface area contributed by atoms with Gasteiger partial charge in [0.15, 0.2) is 6.23 Å². The zero-order chi connectivity index (χ0) is 29.9. The molecule has 2 aliphatic rings.